The van der Waals surface area contributed by atoms with Crippen LogP contribution in [-0.4, -0.2) is 5.16 Å². The van der Waals surface area contributed by atoms with Crippen LogP contribution in [0.1, 0.15) is 0 Å². The average molecular weight is 117 g/mol. The SMILES string of the molecule is N/N=N/NN=C=S. The Hall–Kier alpha value is -1.00. The fraction of sp³-hybridized carbons (Fsp3) is 0. The van der Waals surface area contributed by atoms with E-state index in [1.165, 1.54) is 0 Å². The van der Waals surface area contributed by atoms with Gasteiger partial charge in [0.05, 0.1) is 5.16 Å². The first-order chi connectivity index (χ1) is 3.41. The van der Waals surface area contributed by atoms with E-state index in [0.717, 1.165) is 0 Å². The van der Waals surface area contributed by atoms with E-state index >= 15 is 0 Å². The van der Waals surface area contributed by atoms with Gasteiger partial charge in [0, 0.05) is 0 Å². The van der Waals surface area contributed by atoms with Gasteiger partial charge in [-0.25, -0.2) is 0 Å². The Bertz CT molecular complexity index is 101. The Labute approximate surface area is 45.2 Å². The quantitative estimate of drug-likeness (QED) is 0.173. The molecule has 0 fully saturated rings. The molecule has 0 rings (SSSR count). The molecule has 0 aliphatic rings. The summed E-state index contributed by atoms with van der Waals surface area (Å²) in [5.74, 6) is 4.54. The molecule has 0 saturated carbocycles. The Balaban J connectivity index is 3.15. The second-order valence-corrected chi connectivity index (χ2v) is 0.701. The summed E-state index contributed by atoms with van der Waals surface area (Å²) in [6, 6.07) is 0. The van der Waals surface area contributed by atoms with Crippen LogP contribution >= 0.6 is 12.2 Å². The van der Waals surface area contributed by atoms with Crippen LogP contribution in [-0.2, 0) is 0 Å². The van der Waals surface area contributed by atoms with E-state index in [-0.39, 0.29) is 0 Å². The molecule has 0 aliphatic heterocycles. The topological polar surface area (TPSA) is 75.1 Å². The first-order valence-electron chi connectivity index (χ1n) is 1.33. The third-order valence-corrected chi connectivity index (χ3v) is 0.289. The molecule has 7 heavy (non-hydrogen) atoms. The minimum absolute atomic E-state index is 1.99. The van der Waals surface area contributed by atoms with Crippen molar-refractivity contribution >= 4 is 17.4 Å². The molecule has 0 aromatic carbocycles. The molecule has 38 valence electrons. The van der Waals surface area contributed by atoms with Crippen molar-refractivity contribution < 1.29 is 0 Å². The van der Waals surface area contributed by atoms with Crippen molar-refractivity contribution in [1.29, 1.82) is 0 Å². The highest BCUT2D eigenvalue weighted by molar-refractivity contribution is 7.78. The number of rotatable bonds is 2. The molecule has 0 heterocycles. The van der Waals surface area contributed by atoms with Crippen molar-refractivity contribution in [3.63, 3.8) is 0 Å². The van der Waals surface area contributed by atoms with Crippen LogP contribution in [0.15, 0.2) is 15.5 Å². The molecule has 0 atom stereocenters. The largest absolute Gasteiger partial charge is 0.303 e. The second kappa shape index (κ2) is 5.00. The smallest absolute Gasteiger partial charge is 0.0865 e. The summed E-state index contributed by atoms with van der Waals surface area (Å²) >= 11 is 4.14. The van der Waals surface area contributed by atoms with Gasteiger partial charge in [0.2, 0.25) is 0 Å². The van der Waals surface area contributed by atoms with Gasteiger partial charge in [-0.05, 0) is 17.4 Å². The maximum atomic E-state index is 4.54. The van der Waals surface area contributed by atoms with Crippen molar-refractivity contribution in [3.8, 4) is 0 Å². The van der Waals surface area contributed by atoms with Crippen LogP contribution in [0.25, 0.3) is 0 Å². The van der Waals surface area contributed by atoms with E-state index in [4.69, 9.17) is 0 Å². The van der Waals surface area contributed by atoms with Crippen LogP contribution < -0.4 is 11.4 Å². The predicted molar refractivity (Wildman–Crippen MR) is 27.2 cm³/mol. The third-order valence-electron chi connectivity index (χ3n) is 0.198. The van der Waals surface area contributed by atoms with E-state index in [1.807, 2.05) is 10.7 Å². The predicted octanol–water partition coefficient (Wildman–Crippen LogP) is -0.165. The fourth-order valence-corrected chi connectivity index (χ4v) is 0.109. The minimum atomic E-state index is 1.99. The zero-order valence-electron chi connectivity index (χ0n) is 3.33. The highest BCUT2D eigenvalue weighted by atomic mass is 32.1. The van der Waals surface area contributed by atoms with Crippen molar-refractivity contribution in [3.05, 3.63) is 0 Å². The van der Waals surface area contributed by atoms with Crippen LogP contribution in [0, 0.1) is 0 Å². The van der Waals surface area contributed by atoms with Crippen LogP contribution in [0.4, 0.5) is 0 Å². The van der Waals surface area contributed by atoms with E-state index in [9.17, 15) is 0 Å². The summed E-state index contributed by atoms with van der Waals surface area (Å²) in [6.07, 6.45) is 0. The van der Waals surface area contributed by atoms with Gasteiger partial charge in [-0.3, -0.25) is 0 Å². The van der Waals surface area contributed by atoms with Gasteiger partial charge in [0.25, 0.3) is 0 Å². The van der Waals surface area contributed by atoms with Crippen molar-refractivity contribution in [2.24, 2.45) is 21.4 Å². The molecule has 5 nitrogen and oxygen atoms in total. The third kappa shape index (κ3) is 5.00. The van der Waals surface area contributed by atoms with Crippen LogP contribution in [0.3, 0.4) is 0 Å². The van der Waals surface area contributed by atoms with Crippen LogP contribution in [0.5, 0.6) is 0 Å². The summed E-state index contributed by atoms with van der Waals surface area (Å²) in [5.41, 5.74) is 2.03. The fourth-order valence-electron chi connectivity index (χ4n) is 0.0686. The number of thiocarbonyl (C=S) groups is 1. The standard InChI is InChI=1S/CH3N5S/c2-4-6-5-3-1-7/h(H2,2,6)(H,4,5). The summed E-state index contributed by atoms with van der Waals surface area (Å²) in [5, 5.41) is 11.0. The zero-order valence-corrected chi connectivity index (χ0v) is 4.14. The van der Waals surface area contributed by atoms with Crippen LogP contribution in [0.2, 0.25) is 0 Å². The number of hydrogen-bond acceptors (Lipinski definition) is 4. The lowest BCUT2D eigenvalue weighted by Crippen LogP contribution is -1.91. The molecule has 0 aliphatic carbocycles. The Kier molecular flexibility index (Phi) is 4.29. The Morgan fingerprint density at radius 2 is 2.43 bits per heavy atom. The van der Waals surface area contributed by atoms with Gasteiger partial charge >= 0.3 is 0 Å². The maximum absolute atomic E-state index is 4.54. The molecule has 0 amide bonds. The number of hydrazone groups is 1. The molecular weight excluding hydrogens is 114 g/mol. The number of hydrogen-bond donors (Lipinski definition) is 2. The molecule has 0 radical (unpaired) electrons. The first-order valence-corrected chi connectivity index (χ1v) is 1.74. The normalized spacial score (nSPS) is 8.00. The number of nitrogens with one attached hydrogen (secondary N) is 1. The van der Waals surface area contributed by atoms with Gasteiger partial charge in [-0.1, -0.05) is 10.3 Å². The summed E-state index contributed by atoms with van der Waals surface area (Å²) in [6.45, 7) is 0. The van der Waals surface area contributed by atoms with E-state index < -0.39 is 0 Å². The molecule has 0 saturated heterocycles. The molecule has 3 N–H and O–H groups in total. The summed E-state index contributed by atoms with van der Waals surface area (Å²) in [4.78, 5) is 0. The Morgan fingerprint density at radius 1 is 1.71 bits per heavy atom. The lowest BCUT2D eigenvalue weighted by Gasteiger charge is -1.75. The van der Waals surface area contributed by atoms with E-state index in [0.29, 0.717) is 0 Å². The lowest BCUT2D eigenvalue weighted by atomic mass is 11.7. The molecular formula is CH3N5S. The minimum Gasteiger partial charge on any atom is -0.303 e. The molecule has 0 bridgehead atoms. The molecule has 6 heteroatoms. The highest BCUT2D eigenvalue weighted by Crippen LogP contribution is 1.54. The van der Waals surface area contributed by atoms with Gasteiger partial charge in [0.15, 0.2) is 0 Å². The lowest BCUT2D eigenvalue weighted by molar-refractivity contribution is 0.727. The second-order valence-electron chi connectivity index (χ2n) is 0.519. The summed E-state index contributed by atoms with van der Waals surface area (Å²) in [7, 11) is 0. The molecule has 0 spiro atoms. The number of nitrogens with two attached hydrogens (primary N) is 1. The van der Waals surface area contributed by atoms with Gasteiger partial charge in [-0.2, -0.15) is 5.53 Å². The number of isothiocyanates is 1. The van der Waals surface area contributed by atoms with Crippen molar-refractivity contribution in [2.45, 2.75) is 0 Å². The first kappa shape index (κ1) is 6.00. The maximum Gasteiger partial charge on any atom is 0.0865 e. The monoisotopic (exact) mass is 117 g/mol. The van der Waals surface area contributed by atoms with Gasteiger partial charge in [-0.15, -0.1) is 0 Å². The van der Waals surface area contributed by atoms with Gasteiger partial charge in [0.1, 0.15) is 0 Å². The van der Waals surface area contributed by atoms with Crippen molar-refractivity contribution in [2.75, 3.05) is 0 Å². The molecule has 0 aromatic rings. The van der Waals surface area contributed by atoms with E-state index in [2.05, 4.69) is 33.6 Å². The summed E-state index contributed by atoms with van der Waals surface area (Å²) < 4.78 is 0. The number of nitrogens with zero attached hydrogens (tertiary/aromatic N) is 3. The van der Waals surface area contributed by atoms with Gasteiger partial charge < -0.3 is 5.84 Å². The van der Waals surface area contributed by atoms with Crippen molar-refractivity contribution in [1.82, 2.24) is 5.53 Å². The van der Waals surface area contributed by atoms with E-state index in [1.54, 1.807) is 0 Å². The zero-order chi connectivity index (χ0) is 5.54. The molecule has 0 aromatic heterocycles. The average Bonchev–Trinajstić information content (AvgIpc) is 1.69. The Morgan fingerprint density at radius 3 is 2.86 bits per heavy atom. The molecule has 0 unspecified atom stereocenters. The highest BCUT2D eigenvalue weighted by Gasteiger charge is 1.55.